The minimum atomic E-state index is -4.94. The topological polar surface area (TPSA) is 237 Å². The van der Waals surface area contributed by atoms with E-state index in [1.807, 2.05) is 0 Å². The standard InChI is InChI=1S/C62H120O17P2/c1-7-9-11-13-15-17-18-21-27-33-39-45-60(65)73-51-57(78-61(66)46-40-34-28-22-19-20-24-30-36-42-54(3)4)52-76-80(68,69)74-48-56(63)49-75-81(70,71)77-53-58(50-72-59(64)44-38-32-26-16-14-12-10-8-2)79-62(67)47-41-35-29-23-25-31-37-43-55(5)6/h54-58,63H,7-53H2,1-6H3,(H,68,69)(H,70,71)/t56-,57-,58-/m1/s1. The molecule has 0 amide bonds. The van der Waals surface area contributed by atoms with Crippen molar-refractivity contribution in [1.29, 1.82) is 0 Å². The number of hydrogen-bond acceptors (Lipinski definition) is 15. The van der Waals surface area contributed by atoms with E-state index in [4.69, 9.17) is 37.0 Å². The minimum Gasteiger partial charge on any atom is -0.462 e. The van der Waals surface area contributed by atoms with Gasteiger partial charge in [0.15, 0.2) is 12.2 Å². The van der Waals surface area contributed by atoms with Crippen LogP contribution in [0.3, 0.4) is 0 Å². The Morgan fingerprint density at radius 3 is 0.840 bits per heavy atom. The molecule has 81 heavy (non-hydrogen) atoms. The predicted octanol–water partition coefficient (Wildman–Crippen LogP) is 16.9. The third-order valence-corrected chi connectivity index (χ3v) is 16.1. The number of ether oxygens (including phenoxy) is 4. The lowest BCUT2D eigenvalue weighted by Crippen LogP contribution is -2.30. The molecule has 19 heteroatoms. The van der Waals surface area contributed by atoms with E-state index < -0.39 is 97.5 Å². The first kappa shape index (κ1) is 79.1. The fourth-order valence-electron chi connectivity index (χ4n) is 9.18. The SMILES string of the molecule is CCCCCCCCCCCCCC(=O)OC[C@H](COP(=O)(O)OC[C@@H](O)COP(=O)(O)OC[C@@H](COC(=O)CCCCCCCCCC)OC(=O)CCCCCCCCCC(C)C)OC(=O)CCCCCCCCCCCC(C)C. The highest BCUT2D eigenvalue weighted by atomic mass is 31.2. The van der Waals surface area contributed by atoms with E-state index in [1.165, 1.54) is 116 Å². The second-order valence-corrected chi connectivity index (χ2v) is 26.3. The van der Waals surface area contributed by atoms with Crippen LogP contribution in [0, 0.1) is 11.8 Å². The van der Waals surface area contributed by atoms with Crippen molar-refractivity contribution in [3.63, 3.8) is 0 Å². The molecule has 0 aromatic heterocycles. The Labute approximate surface area is 492 Å². The summed E-state index contributed by atoms with van der Waals surface area (Å²) < 4.78 is 67.8. The molecule has 0 radical (unpaired) electrons. The van der Waals surface area contributed by atoms with Crippen molar-refractivity contribution in [2.24, 2.45) is 11.8 Å². The number of aliphatic hydroxyl groups is 1. The van der Waals surface area contributed by atoms with Gasteiger partial charge in [0.2, 0.25) is 0 Å². The molecular weight excluding hydrogens is 1080 g/mol. The van der Waals surface area contributed by atoms with Crippen molar-refractivity contribution in [1.82, 2.24) is 0 Å². The maximum Gasteiger partial charge on any atom is 0.472 e. The van der Waals surface area contributed by atoms with E-state index in [0.717, 1.165) is 102 Å². The zero-order chi connectivity index (χ0) is 60.1. The molecule has 0 heterocycles. The summed E-state index contributed by atoms with van der Waals surface area (Å²) in [6.45, 7) is 9.36. The van der Waals surface area contributed by atoms with E-state index in [2.05, 4.69) is 41.5 Å². The molecule has 0 saturated carbocycles. The maximum absolute atomic E-state index is 12.9. The molecule has 0 aliphatic carbocycles. The monoisotopic (exact) mass is 1200 g/mol. The van der Waals surface area contributed by atoms with Gasteiger partial charge in [0.1, 0.15) is 19.3 Å². The number of carbonyl (C=O) groups is 4. The van der Waals surface area contributed by atoms with E-state index in [1.54, 1.807) is 0 Å². The molecule has 3 N–H and O–H groups in total. The minimum absolute atomic E-state index is 0.103. The van der Waals surface area contributed by atoms with E-state index in [-0.39, 0.29) is 25.7 Å². The van der Waals surface area contributed by atoms with Crippen LogP contribution in [-0.4, -0.2) is 96.7 Å². The number of rotatable bonds is 61. The normalized spacial score (nSPS) is 14.4. The van der Waals surface area contributed by atoms with Crippen LogP contribution in [-0.2, 0) is 65.4 Å². The van der Waals surface area contributed by atoms with E-state index in [9.17, 15) is 43.2 Å². The highest BCUT2D eigenvalue weighted by Crippen LogP contribution is 2.45. The smallest absolute Gasteiger partial charge is 0.462 e. The van der Waals surface area contributed by atoms with Gasteiger partial charge in [-0.15, -0.1) is 0 Å². The first-order chi connectivity index (χ1) is 38.9. The van der Waals surface area contributed by atoms with Crippen LogP contribution in [0.25, 0.3) is 0 Å². The number of hydrogen-bond donors (Lipinski definition) is 3. The number of unbranched alkanes of at least 4 members (excludes halogenated alkanes) is 31. The number of phosphoric acid groups is 2. The summed E-state index contributed by atoms with van der Waals surface area (Å²) in [4.78, 5) is 72.0. The number of phosphoric ester groups is 2. The lowest BCUT2D eigenvalue weighted by Gasteiger charge is -2.21. The quantitative estimate of drug-likeness (QED) is 0.0222. The highest BCUT2D eigenvalue weighted by Gasteiger charge is 2.30. The molecule has 17 nitrogen and oxygen atoms in total. The Morgan fingerprint density at radius 1 is 0.333 bits per heavy atom. The molecule has 0 aromatic carbocycles. The van der Waals surface area contributed by atoms with Gasteiger partial charge in [-0.1, -0.05) is 253 Å². The second kappa shape index (κ2) is 54.7. The van der Waals surface area contributed by atoms with Gasteiger partial charge in [0.25, 0.3) is 0 Å². The Kier molecular flexibility index (Phi) is 53.4. The molecule has 0 aliphatic heterocycles. The van der Waals surface area contributed by atoms with Crippen LogP contribution in [0.4, 0.5) is 0 Å². The lowest BCUT2D eigenvalue weighted by atomic mass is 10.0. The Morgan fingerprint density at radius 2 is 0.568 bits per heavy atom. The predicted molar refractivity (Wildman–Crippen MR) is 321 cm³/mol. The summed E-state index contributed by atoms with van der Waals surface area (Å²) in [7, 11) is -9.88. The van der Waals surface area contributed by atoms with Crippen LogP contribution in [0.15, 0.2) is 0 Å². The van der Waals surface area contributed by atoms with Crippen molar-refractivity contribution >= 4 is 39.5 Å². The average molecular weight is 1200 g/mol. The molecule has 0 saturated heterocycles. The first-order valence-corrected chi connectivity index (χ1v) is 35.5. The molecule has 0 bridgehead atoms. The van der Waals surface area contributed by atoms with Gasteiger partial charge in [0.05, 0.1) is 26.4 Å². The molecule has 0 rings (SSSR count). The van der Waals surface area contributed by atoms with Crippen LogP contribution < -0.4 is 0 Å². The van der Waals surface area contributed by atoms with Gasteiger partial charge in [-0.3, -0.25) is 37.3 Å². The van der Waals surface area contributed by atoms with Gasteiger partial charge in [-0.2, -0.15) is 0 Å². The largest absolute Gasteiger partial charge is 0.472 e. The Balaban J connectivity index is 5.23. The third-order valence-electron chi connectivity index (χ3n) is 14.2. The Bertz CT molecular complexity index is 1600. The first-order valence-electron chi connectivity index (χ1n) is 32.5. The molecule has 0 fully saturated rings. The molecule has 2 unspecified atom stereocenters. The Hall–Kier alpha value is -1.94. The second-order valence-electron chi connectivity index (χ2n) is 23.4. The molecule has 0 aliphatic rings. The van der Waals surface area contributed by atoms with Gasteiger partial charge in [-0.25, -0.2) is 9.13 Å². The van der Waals surface area contributed by atoms with Crippen LogP contribution in [0.2, 0.25) is 0 Å². The highest BCUT2D eigenvalue weighted by molar-refractivity contribution is 7.47. The lowest BCUT2D eigenvalue weighted by molar-refractivity contribution is -0.161. The zero-order valence-corrected chi connectivity index (χ0v) is 53.9. The third kappa shape index (κ3) is 56.9. The van der Waals surface area contributed by atoms with E-state index in [0.29, 0.717) is 31.6 Å². The average Bonchev–Trinajstić information content (AvgIpc) is 3.42. The molecule has 0 aromatic rings. The summed E-state index contributed by atoms with van der Waals surface area (Å²) in [5.41, 5.74) is 0. The van der Waals surface area contributed by atoms with Crippen molar-refractivity contribution in [3.8, 4) is 0 Å². The molecular formula is C62H120O17P2. The van der Waals surface area contributed by atoms with Crippen LogP contribution in [0.5, 0.6) is 0 Å². The molecule has 0 spiro atoms. The van der Waals surface area contributed by atoms with Crippen molar-refractivity contribution in [2.45, 2.75) is 323 Å². The van der Waals surface area contributed by atoms with Crippen molar-refractivity contribution < 1.29 is 80.2 Å². The fourth-order valence-corrected chi connectivity index (χ4v) is 10.8. The van der Waals surface area contributed by atoms with Gasteiger partial charge < -0.3 is 33.8 Å². The summed E-state index contributed by atoms with van der Waals surface area (Å²) in [5.74, 6) is -0.708. The van der Waals surface area contributed by atoms with Crippen molar-refractivity contribution in [3.05, 3.63) is 0 Å². The summed E-state index contributed by atoms with van der Waals surface area (Å²) >= 11 is 0. The fraction of sp³-hybridized carbons (Fsp3) is 0.935. The molecule has 5 atom stereocenters. The summed E-state index contributed by atoms with van der Waals surface area (Å²) in [6, 6.07) is 0. The summed E-state index contributed by atoms with van der Waals surface area (Å²) in [5, 5.41) is 10.5. The van der Waals surface area contributed by atoms with Crippen molar-refractivity contribution in [2.75, 3.05) is 39.6 Å². The summed E-state index contributed by atoms with van der Waals surface area (Å²) in [6.07, 6.45) is 36.3. The number of carbonyl (C=O) groups excluding carboxylic acids is 4. The van der Waals surface area contributed by atoms with Gasteiger partial charge in [-0.05, 0) is 37.5 Å². The van der Waals surface area contributed by atoms with Gasteiger partial charge in [0, 0.05) is 25.7 Å². The molecule has 480 valence electrons. The van der Waals surface area contributed by atoms with Gasteiger partial charge >= 0.3 is 39.5 Å². The number of esters is 4. The van der Waals surface area contributed by atoms with E-state index >= 15 is 0 Å². The van der Waals surface area contributed by atoms with Crippen LogP contribution in [0.1, 0.15) is 305 Å². The maximum atomic E-state index is 12.9. The zero-order valence-electron chi connectivity index (χ0n) is 52.1. The van der Waals surface area contributed by atoms with Crippen LogP contribution >= 0.6 is 15.6 Å². The number of aliphatic hydroxyl groups excluding tert-OH is 1.